The van der Waals surface area contributed by atoms with Gasteiger partial charge in [0.25, 0.3) is 0 Å². The molecule has 1 fully saturated rings. The molecule has 1 aromatic carbocycles. The van der Waals surface area contributed by atoms with Crippen molar-refractivity contribution >= 4 is 64.3 Å². The summed E-state index contributed by atoms with van der Waals surface area (Å²) >= 11 is 10.2. The molecule has 1 saturated heterocycles. The van der Waals surface area contributed by atoms with Crippen molar-refractivity contribution in [3.05, 3.63) is 51.1 Å². The number of thioether (sulfide) groups is 2. The third kappa shape index (κ3) is 4.92. The number of aromatic nitrogens is 1. The van der Waals surface area contributed by atoms with E-state index in [0.29, 0.717) is 34.3 Å². The van der Waals surface area contributed by atoms with Gasteiger partial charge in [0.15, 0.2) is 4.34 Å². The van der Waals surface area contributed by atoms with Crippen molar-refractivity contribution in [1.29, 1.82) is 0 Å². The van der Waals surface area contributed by atoms with Crippen LogP contribution in [0.15, 0.2) is 39.9 Å². The van der Waals surface area contributed by atoms with E-state index in [2.05, 4.69) is 4.98 Å². The molecular weight excluding hydrogens is 480 g/mol. The summed E-state index contributed by atoms with van der Waals surface area (Å²) in [5.74, 6) is -0.195. The van der Waals surface area contributed by atoms with Crippen LogP contribution in [-0.2, 0) is 20.8 Å². The molecule has 3 heterocycles. The molecule has 7 nitrogen and oxygen atoms in total. The lowest BCUT2D eigenvalue weighted by molar-refractivity contribution is -0.146. The second-order valence-corrected chi connectivity index (χ2v) is 10.8. The van der Waals surface area contributed by atoms with E-state index in [4.69, 9.17) is 16.3 Å². The van der Waals surface area contributed by atoms with Crippen LogP contribution in [-0.4, -0.2) is 49.7 Å². The number of benzene rings is 1. The molecule has 0 saturated carbocycles. The van der Waals surface area contributed by atoms with Gasteiger partial charge in [0.1, 0.15) is 11.4 Å². The van der Waals surface area contributed by atoms with E-state index in [9.17, 15) is 19.5 Å². The number of carbonyl (C=O) groups excluding carboxylic acids is 2. The molecular formula is C20H17ClN2O5S3. The maximum Gasteiger partial charge on any atom is 0.352 e. The first-order chi connectivity index (χ1) is 14.8. The second-order valence-electron chi connectivity index (χ2n) is 6.87. The van der Waals surface area contributed by atoms with Gasteiger partial charge < -0.3 is 9.84 Å². The first-order valence-electron chi connectivity index (χ1n) is 9.26. The average Bonchev–Trinajstić information content (AvgIpc) is 3.06. The van der Waals surface area contributed by atoms with Crippen LogP contribution in [0.4, 0.5) is 0 Å². The van der Waals surface area contributed by atoms with Crippen LogP contribution in [0.5, 0.6) is 5.75 Å². The maximum absolute atomic E-state index is 12.3. The lowest BCUT2D eigenvalue weighted by Gasteiger charge is -2.43. The van der Waals surface area contributed by atoms with Gasteiger partial charge >= 0.3 is 11.9 Å². The number of halogens is 1. The number of fused-ring (bicyclic) bond motifs is 1. The Morgan fingerprint density at radius 3 is 2.77 bits per heavy atom. The first-order valence-corrected chi connectivity index (χ1v) is 12.5. The van der Waals surface area contributed by atoms with E-state index < -0.39 is 11.9 Å². The summed E-state index contributed by atoms with van der Waals surface area (Å²) in [5, 5.41) is 10.1. The van der Waals surface area contributed by atoms with E-state index in [1.165, 1.54) is 28.0 Å². The topological polar surface area (TPSA) is 96.8 Å². The van der Waals surface area contributed by atoms with Gasteiger partial charge in [-0.1, -0.05) is 23.4 Å². The van der Waals surface area contributed by atoms with Crippen molar-refractivity contribution < 1.29 is 24.2 Å². The number of ether oxygens (including phenoxy) is 1. The summed E-state index contributed by atoms with van der Waals surface area (Å²) in [5.41, 5.74) is 1.56. The van der Waals surface area contributed by atoms with Gasteiger partial charge in [-0.3, -0.25) is 14.5 Å². The lowest BCUT2D eigenvalue weighted by atomic mass is 10.1. The number of carbonyl (C=O) groups is 3. The van der Waals surface area contributed by atoms with Crippen LogP contribution in [0.2, 0.25) is 5.02 Å². The molecule has 0 radical (unpaired) electrons. The zero-order valence-electron chi connectivity index (χ0n) is 16.3. The van der Waals surface area contributed by atoms with E-state index in [-0.39, 0.29) is 23.4 Å². The van der Waals surface area contributed by atoms with Crippen LogP contribution < -0.4 is 4.74 Å². The van der Waals surface area contributed by atoms with Crippen LogP contribution in [0.1, 0.15) is 17.0 Å². The molecule has 162 valence electrons. The van der Waals surface area contributed by atoms with Crippen molar-refractivity contribution in [1.82, 2.24) is 9.88 Å². The van der Waals surface area contributed by atoms with Gasteiger partial charge in [0.05, 0.1) is 23.9 Å². The molecule has 1 aromatic heterocycles. The van der Waals surface area contributed by atoms with E-state index in [1.54, 1.807) is 36.0 Å². The molecule has 0 spiro atoms. The largest absolute Gasteiger partial charge is 0.477 e. The summed E-state index contributed by atoms with van der Waals surface area (Å²) in [6.45, 7) is 1.83. The number of hydrogen-bond donors (Lipinski definition) is 1. The molecule has 11 heteroatoms. The Balaban J connectivity index is 1.40. The molecule has 1 N–H and O–H groups in total. The van der Waals surface area contributed by atoms with Gasteiger partial charge in [0, 0.05) is 21.4 Å². The number of aryl methyl sites for hydroxylation is 1. The molecule has 0 bridgehead atoms. The van der Waals surface area contributed by atoms with Gasteiger partial charge in [0.2, 0.25) is 5.91 Å². The SMILES string of the molecule is Cc1nc(SCC2=C(C(=O)O)N3C(=O)C[C@@H]3SC2)sc1CC(=O)Oc1ccc(Cl)cc1. The van der Waals surface area contributed by atoms with Gasteiger partial charge in [-0.2, -0.15) is 0 Å². The number of esters is 1. The normalized spacial score (nSPS) is 17.9. The molecule has 2 aromatic rings. The number of carboxylic acids is 1. The Morgan fingerprint density at radius 2 is 2.10 bits per heavy atom. The van der Waals surface area contributed by atoms with Crippen LogP contribution in [0.25, 0.3) is 0 Å². The summed E-state index contributed by atoms with van der Waals surface area (Å²) in [4.78, 5) is 42.5. The molecule has 1 amide bonds. The minimum atomic E-state index is -1.07. The zero-order chi connectivity index (χ0) is 22.1. The Labute approximate surface area is 195 Å². The van der Waals surface area contributed by atoms with Crippen molar-refractivity contribution in [3.8, 4) is 5.75 Å². The smallest absolute Gasteiger partial charge is 0.352 e. The lowest BCUT2D eigenvalue weighted by Crippen LogP contribution is -2.54. The Morgan fingerprint density at radius 1 is 1.35 bits per heavy atom. The standard InChI is InChI=1S/C20H17ClN2O5S3/c1-10-14(6-17(25)28-13-4-2-12(21)3-5-13)31-20(22-10)30-9-11-8-29-16-7-15(24)23(16)18(11)19(26)27/h2-5,16H,6-9H2,1H3,(H,26,27)/t16-/m0/s1. The van der Waals surface area contributed by atoms with Crippen LogP contribution >= 0.6 is 46.5 Å². The van der Waals surface area contributed by atoms with E-state index >= 15 is 0 Å². The molecule has 4 rings (SSSR count). The van der Waals surface area contributed by atoms with Crippen molar-refractivity contribution in [3.63, 3.8) is 0 Å². The quantitative estimate of drug-likeness (QED) is 0.266. The number of nitrogens with zero attached hydrogens (tertiary/aromatic N) is 2. The van der Waals surface area contributed by atoms with E-state index in [1.807, 2.05) is 6.92 Å². The predicted octanol–water partition coefficient (Wildman–Crippen LogP) is 3.99. The molecule has 2 aliphatic rings. The van der Waals surface area contributed by atoms with Crippen molar-refractivity contribution in [2.45, 2.75) is 29.5 Å². The second kappa shape index (κ2) is 9.23. The first kappa shape index (κ1) is 22.2. The zero-order valence-corrected chi connectivity index (χ0v) is 19.5. The van der Waals surface area contributed by atoms with E-state index in [0.717, 1.165) is 14.9 Å². The van der Waals surface area contributed by atoms with Gasteiger partial charge in [-0.25, -0.2) is 9.78 Å². The number of β-lactam (4-membered cyclic amide) rings is 1. The molecule has 1 atom stereocenters. The highest BCUT2D eigenvalue weighted by molar-refractivity contribution is 8.01. The fourth-order valence-corrected chi connectivity index (χ4v) is 6.92. The van der Waals surface area contributed by atoms with Crippen molar-refractivity contribution in [2.75, 3.05) is 11.5 Å². The minimum Gasteiger partial charge on any atom is -0.477 e. The third-order valence-corrected chi connectivity index (χ3v) is 8.64. The summed E-state index contributed by atoms with van der Waals surface area (Å²) in [7, 11) is 0. The van der Waals surface area contributed by atoms with Gasteiger partial charge in [-0.05, 0) is 36.8 Å². The Kier molecular flexibility index (Phi) is 6.61. The minimum absolute atomic E-state index is 0.0623. The highest BCUT2D eigenvalue weighted by Crippen LogP contribution is 2.41. The molecule has 2 aliphatic heterocycles. The number of amides is 1. The highest BCUT2D eigenvalue weighted by atomic mass is 35.5. The maximum atomic E-state index is 12.3. The summed E-state index contributed by atoms with van der Waals surface area (Å²) in [6.07, 6.45) is 0.485. The number of carboxylic acid groups (broad SMARTS) is 1. The van der Waals surface area contributed by atoms with Crippen molar-refractivity contribution in [2.24, 2.45) is 0 Å². The fourth-order valence-electron chi connectivity index (χ4n) is 3.17. The number of hydrogen-bond acceptors (Lipinski definition) is 8. The third-order valence-electron chi connectivity index (χ3n) is 4.73. The molecule has 0 aliphatic carbocycles. The monoisotopic (exact) mass is 496 g/mol. The summed E-state index contributed by atoms with van der Waals surface area (Å²) in [6, 6.07) is 6.56. The van der Waals surface area contributed by atoms with Crippen LogP contribution in [0.3, 0.4) is 0 Å². The average molecular weight is 497 g/mol. The highest BCUT2D eigenvalue weighted by Gasteiger charge is 2.45. The fraction of sp³-hybridized carbons (Fsp3) is 0.300. The molecule has 31 heavy (non-hydrogen) atoms. The number of aliphatic carboxylic acids is 1. The Hall–Kier alpha value is -2.01. The summed E-state index contributed by atoms with van der Waals surface area (Å²) < 4.78 is 6.07. The Bertz CT molecular complexity index is 1080. The van der Waals surface area contributed by atoms with Crippen LogP contribution in [0, 0.1) is 6.92 Å². The molecule has 0 unspecified atom stereocenters. The number of thiazole rings is 1. The predicted molar refractivity (Wildman–Crippen MR) is 121 cm³/mol. The van der Waals surface area contributed by atoms with Gasteiger partial charge in [-0.15, -0.1) is 23.1 Å². The number of rotatable bonds is 7.